The van der Waals surface area contributed by atoms with E-state index in [0.717, 1.165) is 12.3 Å². The summed E-state index contributed by atoms with van der Waals surface area (Å²) in [6.07, 6.45) is 3.61. The molecule has 90 valence electrons. The number of rotatable bonds is 5. The average Bonchev–Trinajstić information content (AvgIpc) is 2.22. The summed E-state index contributed by atoms with van der Waals surface area (Å²) in [6.45, 7) is 6.68. The highest BCUT2D eigenvalue weighted by Gasteiger charge is 2.13. The molecule has 0 heterocycles. The molecule has 2 N–H and O–H groups in total. The van der Waals surface area contributed by atoms with E-state index in [2.05, 4.69) is 61.6 Å². The SMILES string of the molecule is CCCC(C)CC(N)c1cccc(C)c1I. The summed E-state index contributed by atoms with van der Waals surface area (Å²) in [4.78, 5) is 0. The minimum atomic E-state index is 0.188. The van der Waals surface area contributed by atoms with Gasteiger partial charge in [-0.15, -0.1) is 0 Å². The molecule has 1 rings (SSSR count). The maximum atomic E-state index is 6.29. The van der Waals surface area contributed by atoms with Crippen molar-refractivity contribution in [2.75, 3.05) is 0 Å². The van der Waals surface area contributed by atoms with Crippen LogP contribution >= 0.6 is 22.6 Å². The number of benzene rings is 1. The lowest BCUT2D eigenvalue weighted by molar-refractivity contribution is 0.439. The molecule has 1 aromatic carbocycles. The van der Waals surface area contributed by atoms with Crippen molar-refractivity contribution in [3.8, 4) is 0 Å². The van der Waals surface area contributed by atoms with E-state index in [0.29, 0.717) is 0 Å². The summed E-state index contributed by atoms with van der Waals surface area (Å²) in [6, 6.07) is 6.61. The topological polar surface area (TPSA) is 26.0 Å². The van der Waals surface area contributed by atoms with Gasteiger partial charge in [0.2, 0.25) is 0 Å². The lowest BCUT2D eigenvalue weighted by Gasteiger charge is -2.19. The van der Waals surface area contributed by atoms with Crippen molar-refractivity contribution in [3.05, 3.63) is 32.9 Å². The number of hydrogen-bond acceptors (Lipinski definition) is 1. The fraction of sp³-hybridized carbons (Fsp3) is 0.571. The Morgan fingerprint density at radius 2 is 2.06 bits per heavy atom. The van der Waals surface area contributed by atoms with Crippen molar-refractivity contribution in [1.29, 1.82) is 0 Å². The van der Waals surface area contributed by atoms with Crippen LogP contribution in [0.5, 0.6) is 0 Å². The summed E-state index contributed by atoms with van der Waals surface area (Å²) in [5, 5.41) is 0. The second kappa shape index (κ2) is 6.60. The number of aryl methyl sites for hydroxylation is 1. The summed E-state index contributed by atoms with van der Waals surface area (Å²) < 4.78 is 1.33. The normalized spacial score (nSPS) is 14.8. The minimum absolute atomic E-state index is 0.188. The van der Waals surface area contributed by atoms with Crippen LogP contribution in [0.25, 0.3) is 0 Å². The third-order valence-electron chi connectivity index (χ3n) is 3.06. The van der Waals surface area contributed by atoms with Gasteiger partial charge in [-0.1, -0.05) is 44.9 Å². The van der Waals surface area contributed by atoms with E-state index in [1.807, 2.05) is 0 Å². The quantitative estimate of drug-likeness (QED) is 0.794. The maximum absolute atomic E-state index is 6.29. The van der Waals surface area contributed by atoms with Crippen molar-refractivity contribution in [1.82, 2.24) is 0 Å². The highest BCUT2D eigenvalue weighted by molar-refractivity contribution is 14.1. The molecular weight excluding hydrogens is 309 g/mol. The average molecular weight is 331 g/mol. The third kappa shape index (κ3) is 3.74. The van der Waals surface area contributed by atoms with Crippen LogP contribution in [-0.2, 0) is 0 Å². The van der Waals surface area contributed by atoms with Gasteiger partial charge in [0.15, 0.2) is 0 Å². The predicted octanol–water partition coefficient (Wildman–Crippen LogP) is 4.43. The highest BCUT2D eigenvalue weighted by Crippen LogP contribution is 2.27. The zero-order chi connectivity index (χ0) is 12.1. The Labute approximate surface area is 113 Å². The molecule has 0 radical (unpaired) electrons. The van der Waals surface area contributed by atoms with Gasteiger partial charge >= 0.3 is 0 Å². The molecule has 2 unspecified atom stereocenters. The number of hydrogen-bond donors (Lipinski definition) is 1. The van der Waals surface area contributed by atoms with Crippen LogP contribution in [0.2, 0.25) is 0 Å². The van der Waals surface area contributed by atoms with Gasteiger partial charge in [0.05, 0.1) is 0 Å². The predicted molar refractivity (Wildman–Crippen MR) is 79.5 cm³/mol. The Morgan fingerprint density at radius 1 is 1.38 bits per heavy atom. The largest absolute Gasteiger partial charge is 0.324 e. The van der Waals surface area contributed by atoms with Gasteiger partial charge in [0.25, 0.3) is 0 Å². The first kappa shape index (κ1) is 14.0. The van der Waals surface area contributed by atoms with Gasteiger partial charge in [-0.05, 0) is 53.0 Å². The highest BCUT2D eigenvalue weighted by atomic mass is 127. The summed E-state index contributed by atoms with van der Waals surface area (Å²) in [5.74, 6) is 0.719. The molecule has 1 nitrogen and oxygen atoms in total. The Balaban J connectivity index is 2.72. The van der Waals surface area contributed by atoms with Crippen LogP contribution in [0.15, 0.2) is 18.2 Å². The first-order chi connectivity index (χ1) is 7.56. The zero-order valence-corrected chi connectivity index (χ0v) is 12.6. The van der Waals surface area contributed by atoms with Crippen molar-refractivity contribution < 1.29 is 0 Å². The fourth-order valence-electron chi connectivity index (χ4n) is 2.13. The molecule has 1 aromatic rings. The molecule has 0 aliphatic heterocycles. The van der Waals surface area contributed by atoms with Crippen molar-refractivity contribution in [2.24, 2.45) is 11.7 Å². The van der Waals surface area contributed by atoms with E-state index < -0.39 is 0 Å². The van der Waals surface area contributed by atoms with E-state index in [1.165, 1.54) is 27.5 Å². The summed E-state index contributed by atoms with van der Waals surface area (Å²) >= 11 is 2.41. The lowest BCUT2D eigenvalue weighted by Crippen LogP contribution is -2.15. The van der Waals surface area contributed by atoms with Crippen molar-refractivity contribution >= 4 is 22.6 Å². The van der Waals surface area contributed by atoms with Crippen LogP contribution in [0.4, 0.5) is 0 Å². The summed E-state index contributed by atoms with van der Waals surface area (Å²) in [7, 11) is 0. The van der Waals surface area contributed by atoms with Gasteiger partial charge in [-0.2, -0.15) is 0 Å². The smallest absolute Gasteiger partial charge is 0.0308 e. The van der Waals surface area contributed by atoms with Gasteiger partial charge in [-0.3, -0.25) is 0 Å². The number of halogens is 1. The van der Waals surface area contributed by atoms with E-state index >= 15 is 0 Å². The molecule has 0 spiro atoms. The monoisotopic (exact) mass is 331 g/mol. The fourth-order valence-corrected chi connectivity index (χ4v) is 2.89. The van der Waals surface area contributed by atoms with Crippen LogP contribution in [0.1, 0.15) is 50.3 Å². The third-order valence-corrected chi connectivity index (χ3v) is 4.53. The molecule has 0 bridgehead atoms. The van der Waals surface area contributed by atoms with Gasteiger partial charge in [0.1, 0.15) is 0 Å². The van der Waals surface area contributed by atoms with E-state index in [4.69, 9.17) is 5.73 Å². The van der Waals surface area contributed by atoms with Crippen LogP contribution < -0.4 is 5.73 Å². The lowest BCUT2D eigenvalue weighted by atomic mass is 9.93. The van der Waals surface area contributed by atoms with Gasteiger partial charge in [0, 0.05) is 9.61 Å². The van der Waals surface area contributed by atoms with Gasteiger partial charge in [-0.25, -0.2) is 0 Å². The Kier molecular flexibility index (Phi) is 5.76. The molecular formula is C14H22IN. The van der Waals surface area contributed by atoms with Crippen LogP contribution in [-0.4, -0.2) is 0 Å². The maximum Gasteiger partial charge on any atom is 0.0308 e. The molecule has 0 amide bonds. The molecule has 0 aliphatic rings. The Hall–Kier alpha value is -0.0900. The second-order valence-corrected chi connectivity index (χ2v) is 5.79. The first-order valence-electron chi connectivity index (χ1n) is 6.06. The van der Waals surface area contributed by atoms with Crippen LogP contribution in [0.3, 0.4) is 0 Å². The van der Waals surface area contributed by atoms with Gasteiger partial charge < -0.3 is 5.73 Å². The molecule has 0 saturated carbocycles. The molecule has 2 heteroatoms. The second-order valence-electron chi connectivity index (χ2n) is 4.71. The first-order valence-corrected chi connectivity index (χ1v) is 7.14. The van der Waals surface area contributed by atoms with E-state index in [-0.39, 0.29) is 6.04 Å². The van der Waals surface area contributed by atoms with Crippen LogP contribution in [0, 0.1) is 16.4 Å². The zero-order valence-electron chi connectivity index (χ0n) is 10.5. The van der Waals surface area contributed by atoms with E-state index in [1.54, 1.807) is 0 Å². The van der Waals surface area contributed by atoms with Crippen molar-refractivity contribution in [2.45, 2.75) is 46.1 Å². The molecule has 0 aliphatic carbocycles. The molecule has 16 heavy (non-hydrogen) atoms. The molecule has 0 saturated heterocycles. The summed E-state index contributed by atoms with van der Waals surface area (Å²) in [5.41, 5.74) is 8.93. The molecule has 0 aromatic heterocycles. The number of nitrogens with two attached hydrogens (primary N) is 1. The Bertz CT molecular complexity index is 336. The van der Waals surface area contributed by atoms with E-state index in [9.17, 15) is 0 Å². The molecule has 0 fully saturated rings. The standard InChI is InChI=1S/C14H22IN/c1-4-6-10(2)9-13(16)12-8-5-7-11(3)14(12)15/h5,7-8,10,13H,4,6,9,16H2,1-3H3. The Morgan fingerprint density at radius 3 is 2.69 bits per heavy atom. The molecule has 2 atom stereocenters. The van der Waals surface area contributed by atoms with Crippen molar-refractivity contribution in [3.63, 3.8) is 0 Å². The minimum Gasteiger partial charge on any atom is -0.324 e.